The highest BCUT2D eigenvalue weighted by atomic mass is 19.1. The van der Waals surface area contributed by atoms with E-state index in [9.17, 15) is 22.8 Å². The number of carbonyl (C=O) groups excluding carboxylic acids is 2. The summed E-state index contributed by atoms with van der Waals surface area (Å²) in [4.78, 5) is 30.0. The van der Waals surface area contributed by atoms with Crippen molar-refractivity contribution in [2.24, 2.45) is 17.6 Å². The summed E-state index contributed by atoms with van der Waals surface area (Å²) < 4.78 is 41.0. The molecule has 1 aliphatic heterocycles. The minimum Gasteiger partial charge on any atom is -0.366 e. The summed E-state index contributed by atoms with van der Waals surface area (Å²) in [5, 5.41) is 1.29. The topological polar surface area (TPSA) is 72.6 Å². The molecule has 4 rings (SSSR count). The molecule has 0 spiro atoms. The number of carbonyl (C=O) groups is 2. The van der Waals surface area contributed by atoms with Crippen molar-refractivity contribution in [1.82, 2.24) is 5.06 Å². The van der Waals surface area contributed by atoms with E-state index in [1.807, 2.05) is 0 Å². The standard InChI is InChI=1S/C24H25F3N2O3/c25-18-11-17(12-19(26)13-18)22-7-8-32-29(22)24(31)16-4-1-14(2-5-16)9-15-3-6-21(27)20(10-15)23(28)30/h3,6,10-14,16,22H,1-2,4-5,7-9H2,(H2,28,30)/t14-,16-,22-/m0/s1. The van der Waals surface area contributed by atoms with E-state index in [0.29, 0.717) is 43.8 Å². The number of hydrogen-bond donors (Lipinski definition) is 1. The molecule has 1 atom stereocenters. The van der Waals surface area contributed by atoms with E-state index < -0.39 is 29.4 Å². The van der Waals surface area contributed by atoms with Gasteiger partial charge in [-0.25, -0.2) is 18.2 Å². The lowest BCUT2D eigenvalue weighted by atomic mass is 9.78. The lowest BCUT2D eigenvalue weighted by molar-refractivity contribution is -0.183. The fourth-order valence-electron chi connectivity index (χ4n) is 4.77. The second-order valence-electron chi connectivity index (χ2n) is 8.60. The molecule has 2 N–H and O–H groups in total. The third-order valence-electron chi connectivity index (χ3n) is 6.41. The highest BCUT2D eigenvalue weighted by Gasteiger charge is 2.37. The zero-order valence-corrected chi connectivity index (χ0v) is 17.5. The Morgan fingerprint density at radius 3 is 2.31 bits per heavy atom. The summed E-state index contributed by atoms with van der Waals surface area (Å²) in [5.41, 5.74) is 6.34. The summed E-state index contributed by atoms with van der Waals surface area (Å²) >= 11 is 0. The second kappa shape index (κ2) is 9.32. The van der Waals surface area contributed by atoms with E-state index in [4.69, 9.17) is 10.6 Å². The van der Waals surface area contributed by atoms with Crippen molar-refractivity contribution in [2.75, 3.05) is 6.61 Å². The number of nitrogens with zero attached hydrogens (tertiary/aromatic N) is 1. The summed E-state index contributed by atoms with van der Waals surface area (Å²) in [6.45, 7) is 0.316. The average molecular weight is 446 g/mol. The first-order valence-electron chi connectivity index (χ1n) is 10.8. The molecule has 2 amide bonds. The highest BCUT2D eigenvalue weighted by Crippen LogP contribution is 2.37. The molecule has 0 radical (unpaired) electrons. The maximum atomic E-state index is 13.7. The molecule has 0 unspecified atom stereocenters. The van der Waals surface area contributed by atoms with Gasteiger partial charge >= 0.3 is 0 Å². The van der Waals surface area contributed by atoms with Gasteiger partial charge in [0, 0.05) is 18.4 Å². The number of amides is 2. The maximum Gasteiger partial charge on any atom is 0.251 e. The fourth-order valence-corrected chi connectivity index (χ4v) is 4.77. The van der Waals surface area contributed by atoms with Crippen LogP contribution in [0.5, 0.6) is 0 Å². The van der Waals surface area contributed by atoms with Crippen LogP contribution in [0.3, 0.4) is 0 Å². The van der Waals surface area contributed by atoms with Gasteiger partial charge in [-0.15, -0.1) is 0 Å². The molecule has 2 aromatic rings. The van der Waals surface area contributed by atoms with Gasteiger partial charge in [0.05, 0.1) is 18.2 Å². The molecule has 0 bridgehead atoms. The molecule has 32 heavy (non-hydrogen) atoms. The molecule has 2 aromatic carbocycles. The van der Waals surface area contributed by atoms with Crippen molar-refractivity contribution in [3.8, 4) is 0 Å². The third-order valence-corrected chi connectivity index (χ3v) is 6.41. The zero-order valence-electron chi connectivity index (χ0n) is 17.5. The molecule has 170 valence electrons. The van der Waals surface area contributed by atoms with Crippen LogP contribution in [-0.4, -0.2) is 23.5 Å². The molecule has 2 aliphatic rings. The van der Waals surface area contributed by atoms with E-state index in [-0.39, 0.29) is 17.4 Å². The average Bonchev–Trinajstić information content (AvgIpc) is 3.24. The lowest BCUT2D eigenvalue weighted by Gasteiger charge is -2.32. The molecular formula is C24H25F3N2O3. The van der Waals surface area contributed by atoms with Crippen LogP contribution < -0.4 is 5.73 Å². The van der Waals surface area contributed by atoms with Crippen LogP contribution in [0, 0.1) is 29.3 Å². The Balaban J connectivity index is 1.37. The first kappa shape index (κ1) is 22.3. The van der Waals surface area contributed by atoms with Crippen LogP contribution in [0.2, 0.25) is 0 Å². The largest absolute Gasteiger partial charge is 0.366 e. The van der Waals surface area contributed by atoms with Gasteiger partial charge in [-0.05, 0) is 73.4 Å². The van der Waals surface area contributed by atoms with Crippen molar-refractivity contribution >= 4 is 11.8 Å². The summed E-state index contributed by atoms with van der Waals surface area (Å²) in [6, 6.07) is 7.18. The SMILES string of the molecule is NC(=O)c1cc(C[C@H]2CC[C@H](C(=O)N3OCC[C@H]3c3cc(F)cc(F)c3)CC2)ccc1F. The number of hydroxylamine groups is 2. The first-order valence-corrected chi connectivity index (χ1v) is 10.8. The Labute approximate surface area is 184 Å². The van der Waals surface area contributed by atoms with Crippen LogP contribution in [0.25, 0.3) is 0 Å². The van der Waals surface area contributed by atoms with Gasteiger partial charge in [-0.2, -0.15) is 0 Å². The van der Waals surface area contributed by atoms with Crippen molar-refractivity contribution in [3.63, 3.8) is 0 Å². The van der Waals surface area contributed by atoms with Gasteiger partial charge in [0.25, 0.3) is 5.91 Å². The number of halogens is 3. The molecule has 1 aliphatic carbocycles. The molecule has 8 heteroatoms. The number of hydrogen-bond acceptors (Lipinski definition) is 3. The molecule has 1 heterocycles. The maximum absolute atomic E-state index is 13.7. The van der Waals surface area contributed by atoms with Gasteiger partial charge in [-0.3, -0.25) is 14.4 Å². The van der Waals surface area contributed by atoms with Gasteiger partial charge < -0.3 is 5.73 Å². The Morgan fingerprint density at radius 2 is 1.66 bits per heavy atom. The highest BCUT2D eigenvalue weighted by molar-refractivity contribution is 5.93. The van der Waals surface area contributed by atoms with Crippen molar-refractivity contribution < 1.29 is 27.6 Å². The summed E-state index contributed by atoms with van der Waals surface area (Å²) in [5.74, 6) is -2.86. The monoisotopic (exact) mass is 446 g/mol. The predicted molar refractivity (Wildman–Crippen MR) is 111 cm³/mol. The second-order valence-corrected chi connectivity index (χ2v) is 8.60. The molecule has 2 fully saturated rings. The van der Waals surface area contributed by atoms with Crippen molar-refractivity contribution in [2.45, 2.75) is 44.6 Å². The van der Waals surface area contributed by atoms with Crippen LogP contribution in [0.15, 0.2) is 36.4 Å². The Kier molecular flexibility index (Phi) is 6.50. The van der Waals surface area contributed by atoms with E-state index in [1.54, 1.807) is 6.07 Å². The minimum absolute atomic E-state index is 0.114. The third kappa shape index (κ3) is 4.80. The molecule has 0 aromatic heterocycles. The number of rotatable bonds is 5. The van der Waals surface area contributed by atoms with Crippen LogP contribution in [-0.2, 0) is 16.1 Å². The smallest absolute Gasteiger partial charge is 0.251 e. The van der Waals surface area contributed by atoms with Gasteiger partial charge in [-0.1, -0.05) is 6.07 Å². The Hall–Kier alpha value is -2.87. The van der Waals surface area contributed by atoms with Crippen LogP contribution in [0.4, 0.5) is 13.2 Å². The minimum atomic E-state index is -0.794. The first-order chi connectivity index (χ1) is 15.3. The predicted octanol–water partition coefficient (Wildman–Crippen LogP) is 4.46. The van der Waals surface area contributed by atoms with Crippen LogP contribution in [0.1, 0.15) is 59.6 Å². The molecule has 1 saturated heterocycles. The van der Waals surface area contributed by atoms with Crippen LogP contribution >= 0.6 is 0 Å². The Bertz CT molecular complexity index is 1000. The Morgan fingerprint density at radius 1 is 0.969 bits per heavy atom. The number of primary amides is 1. The van der Waals surface area contributed by atoms with Crippen molar-refractivity contribution in [3.05, 3.63) is 70.5 Å². The lowest BCUT2D eigenvalue weighted by Crippen LogP contribution is -2.36. The van der Waals surface area contributed by atoms with Crippen molar-refractivity contribution in [1.29, 1.82) is 0 Å². The van der Waals surface area contributed by atoms with E-state index in [2.05, 4.69) is 0 Å². The van der Waals surface area contributed by atoms with E-state index in [1.165, 1.54) is 29.3 Å². The normalized spacial score (nSPS) is 23.3. The zero-order chi connectivity index (χ0) is 22.8. The van der Waals surface area contributed by atoms with Gasteiger partial charge in [0.2, 0.25) is 5.91 Å². The summed E-state index contributed by atoms with van der Waals surface area (Å²) in [7, 11) is 0. The summed E-state index contributed by atoms with van der Waals surface area (Å²) in [6.07, 6.45) is 4.08. The molecular weight excluding hydrogens is 421 g/mol. The molecule has 5 nitrogen and oxygen atoms in total. The van der Waals surface area contributed by atoms with E-state index in [0.717, 1.165) is 24.5 Å². The quantitative estimate of drug-likeness (QED) is 0.737. The van der Waals surface area contributed by atoms with E-state index >= 15 is 0 Å². The van der Waals surface area contributed by atoms with Gasteiger partial charge in [0.1, 0.15) is 17.5 Å². The number of benzene rings is 2. The number of nitrogens with two attached hydrogens (primary N) is 1. The fraction of sp³-hybridized carbons (Fsp3) is 0.417. The molecule has 1 saturated carbocycles. The van der Waals surface area contributed by atoms with Gasteiger partial charge in [0.15, 0.2) is 0 Å².